The number of nitrogens with zero attached hydrogens (tertiary/aromatic N) is 1. The van der Waals surface area contributed by atoms with Crippen molar-refractivity contribution in [3.05, 3.63) is 59.2 Å². The Balaban J connectivity index is 2.29. The maximum Gasteiger partial charge on any atom is 0.252 e. The molecule has 0 saturated carbocycles. The second-order valence-corrected chi connectivity index (χ2v) is 4.57. The van der Waals surface area contributed by atoms with Gasteiger partial charge in [0.05, 0.1) is 13.2 Å². The summed E-state index contributed by atoms with van der Waals surface area (Å²) < 4.78 is 31.7. The molecule has 0 aliphatic carbocycles. The van der Waals surface area contributed by atoms with Crippen LogP contribution in [0.2, 0.25) is 0 Å². The molecule has 1 atom stereocenters. The first-order chi connectivity index (χ1) is 11.0. The van der Waals surface area contributed by atoms with Crippen LogP contribution in [0.5, 0.6) is 11.5 Å². The van der Waals surface area contributed by atoms with Crippen LogP contribution in [0.1, 0.15) is 22.0 Å². The number of phenols is 1. The third-order valence-corrected chi connectivity index (χ3v) is 3.13. The van der Waals surface area contributed by atoms with Crippen LogP contribution in [0.4, 0.5) is 8.78 Å². The Bertz CT molecular complexity index is 764. The Morgan fingerprint density at radius 3 is 2.48 bits per heavy atom. The molecule has 0 fully saturated rings. The lowest BCUT2D eigenvalue weighted by Crippen LogP contribution is -2.28. The van der Waals surface area contributed by atoms with Crippen molar-refractivity contribution in [1.29, 1.82) is 5.26 Å². The van der Waals surface area contributed by atoms with Gasteiger partial charge in [0.2, 0.25) is 0 Å². The van der Waals surface area contributed by atoms with Crippen molar-refractivity contribution in [2.24, 2.45) is 0 Å². The summed E-state index contributed by atoms with van der Waals surface area (Å²) in [6.07, 6.45) is 0. The minimum atomic E-state index is -1.26. The molecule has 0 saturated heterocycles. The fourth-order valence-electron chi connectivity index (χ4n) is 2.00. The van der Waals surface area contributed by atoms with Gasteiger partial charge in [-0.25, -0.2) is 8.78 Å². The van der Waals surface area contributed by atoms with Crippen LogP contribution in [0.25, 0.3) is 0 Å². The summed E-state index contributed by atoms with van der Waals surface area (Å²) in [5.41, 5.74) is 0.0542. The largest absolute Gasteiger partial charge is 0.503 e. The summed E-state index contributed by atoms with van der Waals surface area (Å²) in [4.78, 5) is 12.1. The SMILES string of the molecule is COc1ccccc1C(C#N)NC(=O)c1cc(F)c(O)c(F)c1. The van der Waals surface area contributed by atoms with E-state index in [2.05, 4.69) is 5.32 Å². The average molecular weight is 318 g/mol. The molecule has 2 N–H and O–H groups in total. The Morgan fingerprint density at radius 2 is 1.91 bits per heavy atom. The van der Waals surface area contributed by atoms with Gasteiger partial charge in [0.1, 0.15) is 11.8 Å². The molecule has 1 amide bonds. The van der Waals surface area contributed by atoms with Crippen molar-refractivity contribution in [2.75, 3.05) is 7.11 Å². The second-order valence-electron chi connectivity index (χ2n) is 4.57. The molecule has 1 unspecified atom stereocenters. The molecule has 2 aromatic carbocycles. The van der Waals surface area contributed by atoms with Crippen LogP contribution in [0.15, 0.2) is 36.4 Å². The normalized spacial score (nSPS) is 11.4. The molecule has 0 radical (unpaired) electrons. The number of carbonyl (C=O) groups excluding carboxylic acids is 1. The van der Waals surface area contributed by atoms with Crippen LogP contribution >= 0.6 is 0 Å². The summed E-state index contributed by atoms with van der Waals surface area (Å²) >= 11 is 0. The Labute approximate surface area is 130 Å². The Hall–Kier alpha value is -3.14. The summed E-state index contributed by atoms with van der Waals surface area (Å²) in [6, 6.07) is 8.75. The van der Waals surface area contributed by atoms with Gasteiger partial charge in [0.15, 0.2) is 17.4 Å². The van der Waals surface area contributed by atoms with Crippen LogP contribution in [0.3, 0.4) is 0 Å². The highest BCUT2D eigenvalue weighted by Gasteiger charge is 2.20. The van der Waals surface area contributed by atoms with E-state index in [0.717, 1.165) is 0 Å². The second kappa shape index (κ2) is 6.75. The number of nitrogens with one attached hydrogen (secondary N) is 1. The molecule has 23 heavy (non-hydrogen) atoms. The van der Waals surface area contributed by atoms with E-state index in [1.54, 1.807) is 24.3 Å². The third kappa shape index (κ3) is 3.37. The molecule has 0 spiro atoms. The Morgan fingerprint density at radius 1 is 1.30 bits per heavy atom. The van der Waals surface area contributed by atoms with Crippen LogP contribution in [0, 0.1) is 23.0 Å². The van der Waals surface area contributed by atoms with Gasteiger partial charge in [0.25, 0.3) is 5.91 Å². The molecule has 0 aromatic heterocycles. The summed E-state index contributed by atoms with van der Waals surface area (Å²) in [5, 5.41) is 20.6. The average Bonchev–Trinajstić information content (AvgIpc) is 2.56. The zero-order valence-electron chi connectivity index (χ0n) is 12.0. The number of carbonyl (C=O) groups is 1. The number of hydrogen-bond acceptors (Lipinski definition) is 4. The van der Waals surface area contributed by atoms with Crippen LogP contribution in [-0.2, 0) is 0 Å². The van der Waals surface area contributed by atoms with Crippen molar-refractivity contribution >= 4 is 5.91 Å². The minimum Gasteiger partial charge on any atom is -0.503 e. The maximum atomic E-state index is 13.3. The van der Waals surface area contributed by atoms with Gasteiger partial charge in [-0.15, -0.1) is 0 Å². The molecule has 2 rings (SSSR count). The highest BCUT2D eigenvalue weighted by atomic mass is 19.1. The number of methoxy groups -OCH3 is 1. The predicted octanol–water partition coefficient (Wildman–Crippen LogP) is 2.67. The van der Waals surface area contributed by atoms with Gasteiger partial charge in [-0.1, -0.05) is 18.2 Å². The lowest BCUT2D eigenvalue weighted by Gasteiger charge is -2.15. The molecule has 0 aliphatic rings. The number of hydrogen-bond donors (Lipinski definition) is 2. The molecular weight excluding hydrogens is 306 g/mol. The monoisotopic (exact) mass is 318 g/mol. The first-order valence-electron chi connectivity index (χ1n) is 6.49. The van der Waals surface area contributed by atoms with E-state index in [4.69, 9.17) is 9.84 Å². The van der Waals surface area contributed by atoms with Gasteiger partial charge in [0, 0.05) is 11.1 Å². The summed E-state index contributed by atoms with van der Waals surface area (Å²) in [7, 11) is 1.42. The number of para-hydroxylation sites is 1. The van der Waals surface area contributed by atoms with E-state index >= 15 is 0 Å². The van der Waals surface area contributed by atoms with Crippen molar-refractivity contribution in [2.45, 2.75) is 6.04 Å². The van der Waals surface area contributed by atoms with E-state index in [9.17, 15) is 18.8 Å². The molecule has 7 heteroatoms. The topological polar surface area (TPSA) is 82.3 Å². The fraction of sp³-hybridized carbons (Fsp3) is 0.125. The van der Waals surface area contributed by atoms with Gasteiger partial charge < -0.3 is 15.2 Å². The molecular formula is C16H12F2N2O3. The van der Waals surface area contributed by atoms with E-state index < -0.39 is 29.3 Å². The van der Waals surface area contributed by atoms with Crippen LogP contribution in [-0.4, -0.2) is 18.1 Å². The van der Waals surface area contributed by atoms with Gasteiger partial charge >= 0.3 is 0 Å². The smallest absolute Gasteiger partial charge is 0.252 e. The third-order valence-electron chi connectivity index (χ3n) is 3.13. The van der Waals surface area contributed by atoms with Crippen molar-refractivity contribution in [3.63, 3.8) is 0 Å². The van der Waals surface area contributed by atoms with E-state index in [1.807, 2.05) is 6.07 Å². The number of benzene rings is 2. The molecule has 0 heterocycles. The number of phenolic OH excluding ortho intramolecular Hbond substituents is 1. The van der Waals surface area contributed by atoms with E-state index in [-0.39, 0.29) is 5.56 Å². The van der Waals surface area contributed by atoms with Crippen LogP contribution < -0.4 is 10.1 Å². The lowest BCUT2D eigenvalue weighted by molar-refractivity contribution is 0.0944. The highest BCUT2D eigenvalue weighted by Crippen LogP contribution is 2.25. The number of aromatic hydroxyl groups is 1. The molecule has 5 nitrogen and oxygen atoms in total. The molecule has 0 aliphatic heterocycles. The highest BCUT2D eigenvalue weighted by molar-refractivity contribution is 5.94. The number of ether oxygens (including phenoxy) is 1. The maximum absolute atomic E-state index is 13.3. The summed E-state index contributed by atoms with van der Waals surface area (Å²) in [5.74, 6) is -4.16. The van der Waals surface area contributed by atoms with Crippen molar-refractivity contribution in [3.8, 4) is 17.6 Å². The molecule has 2 aromatic rings. The predicted molar refractivity (Wildman–Crippen MR) is 76.8 cm³/mol. The van der Waals surface area contributed by atoms with Gasteiger partial charge in [-0.2, -0.15) is 5.26 Å². The standard InChI is InChI=1S/C16H12F2N2O3/c1-23-14-5-3-2-4-10(14)13(8-19)20-16(22)9-6-11(17)15(21)12(18)7-9/h2-7,13,21H,1H3,(H,20,22). The van der Waals surface area contributed by atoms with E-state index in [1.165, 1.54) is 7.11 Å². The number of amides is 1. The fourth-order valence-corrected chi connectivity index (χ4v) is 2.00. The van der Waals surface area contributed by atoms with Crippen molar-refractivity contribution in [1.82, 2.24) is 5.32 Å². The van der Waals surface area contributed by atoms with E-state index in [0.29, 0.717) is 23.4 Å². The zero-order valence-corrected chi connectivity index (χ0v) is 12.0. The lowest BCUT2D eigenvalue weighted by atomic mass is 10.1. The first kappa shape index (κ1) is 16.2. The summed E-state index contributed by atoms with van der Waals surface area (Å²) in [6.45, 7) is 0. The molecule has 0 bridgehead atoms. The quantitative estimate of drug-likeness (QED) is 0.908. The minimum absolute atomic E-state index is 0.354. The first-order valence-corrected chi connectivity index (χ1v) is 6.49. The zero-order chi connectivity index (χ0) is 17.0. The number of halogens is 2. The van der Waals surface area contributed by atoms with Gasteiger partial charge in [-0.05, 0) is 18.2 Å². The Kier molecular flexibility index (Phi) is 4.76. The number of rotatable bonds is 4. The molecule has 118 valence electrons. The van der Waals surface area contributed by atoms with Crippen molar-refractivity contribution < 1.29 is 23.4 Å². The van der Waals surface area contributed by atoms with Gasteiger partial charge in [-0.3, -0.25) is 4.79 Å². The number of nitriles is 1.